The summed E-state index contributed by atoms with van der Waals surface area (Å²) in [7, 11) is -0.982. The second-order valence-electron chi connectivity index (χ2n) is 6.06. The van der Waals surface area contributed by atoms with Gasteiger partial charge < -0.3 is 10.2 Å². The van der Waals surface area contributed by atoms with E-state index in [1.165, 1.54) is 0 Å². The molecule has 23 heavy (non-hydrogen) atoms. The number of hydrogen-bond acceptors (Lipinski definition) is 5. The molecule has 0 aromatic carbocycles. The lowest BCUT2D eigenvalue weighted by molar-refractivity contribution is -0.121. The van der Waals surface area contributed by atoms with E-state index in [4.69, 9.17) is 0 Å². The average molecular weight is 339 g/mol. The van der Waals surface area contributed by atoms with Crippen molar-refractivity contribution in [3.05, 3.63) is 30.1 Å². The highest BCUT2D eigenvalue weighted by atomic mass is 32.2. The number of carbonyl (C=O) groups excluding carboxylic acids is 1. The minimum Gasteiger partial charge on any atom is -0.356 e. The topological polar surface area (TPSA) is 79.4 Å². The molecule has 1 aliphatic heterocycles. The normalized spacial score (nSPS) is 19.8. The lowest BCUT2D eigenvalue weighted by Crippen LogP contribution is -2.36. The molecule has 0 radical (unpaired) electrons. The number of aryl methyl sites for hydroxylation is 1. The van der Waals surface area contributed by atoms with Crippen LogP contribution in [0.5, 0.6) is 0 Å². The van der Waals surface area contributed by atoms with Gasteiger partial charge in [0.05, 0.1) is 11.5 Å². The first-order valence-electron chi connectivity index (χ1n) is 8.03. The zero-order valence-electron chi connectivity index (χ0n) is 13.6. The summed E-state index contributed by atoms with van der Waals surface area (Å²) in [5.41, 5.74) is 1.03. The number of pyridine rings is 1. The van der Waals surface area contributed by atoms with Gasteiger partial charge in [-0.05, 0) is 38.4 Å². The van der Waals surface area contributed by atoms with Crippen molar-refractivity contribution in [1.29, 1.82) is 0 Å². The highest BCUT2D eigenvalue weighted by Crippen LogP contribution is 2.16. The van der Waals surface area contributed by atoms with Crippen LogP contribution < -0.4 is 5.32 Å². The summed E-state index contributed by atoms with van der Waals surface area (Å²) in [6.45, 7) is 1.23. The molecule has 6 nitrogen and oxygen atoms in total. The average Bonchev–Trinajstić information content (AvgIpc) is 2.90. The highest BCUT2D eigenvalue weighted by Gasteiger charge is 2.30. The van der Waals surface area contributed by atoms with Gasteiger partial charge in [-0.25, -0.2) is 8.42 Å². The van der Waals surface area contributed by atoms with Gasteiger partial charge >= 0.3 is 0 Å². The fourth-order valence-electron chi connectivity index (χ4n) is 2.72. The number of nitrogens with one attached hydrogen (secondary N) is 1. The molecular weight excluding hydrogens is 314 g/mol. The maximum absolute atomic E-state index is 11.8. The minimum atomic E-state index is -2.87. The Kier molecular flexibility index (Phi) is 6.53. The summed E-state index contributed by atoms with van der Waals surface area (Å²) < 4.78 is 22.9. The molecule has 1 unspecified atom stereocenters. The molecule has 1 atom stereocenters. The third-order valence-corrected chi connectivity index (χ3v) is 5.93. The van der Waals surface area contributed by atoms with Crippen molar-refractivity contribution < 1.29 is 13.2 Å². The molecule has 0 spiro atoms. The SMILES string of the molecule is CN(CCC(=O)NCCCc1ccccn1)C1CCS(=O)(=O)C1. The van der Waals surface area contributed by atoms with Gasteiger partial charge in [-0.2, -0.15) is 0 Å². The largest absolute Gasteiger partial charge is 0.356 e. The molecule has 1 aromatic heterocycles. The molecule has 0 saturated carbocycles. The van der Waals surface area contributed by atoms with E-state index in [0.717, 1.165) is 18.5 Å². The number of hydrogen-bond donors (Lipinski definition) is 1. The zero-order chi connectivity index (χ0) is 16.7. The van der Waals surface area contributed by atoms with Crippen LogP contribution in [0.25, 0.3) is 0 Å². The summed E-state index contributed by atoms with van der Waals surface area (Å²) in [5, 5.41) is 2.90. The maximum atomic E-state index is 11.8. The van der Waals surface area contributed by atoms with Crippen molar-refractivity contribution in [2.24, 2.45) is 0 Å². The van der Waals surface area contributed by atoms with Crippen LogP contribution in [0.3, 0.4) is 0 Å². The van der Waals surface area contributed by atoms with Crippen molar-refractivity contribution in [3.8, 4) is 0 Å². The van der Waals surface area contributed by atoms with E-state index in [9.17, 15) is 13.2 Å². The van der Waals surface area contributed by atoms with Crippen molar-refractivity contribution in [2.75, 3.05) is 31.6 Å². The van der Waals surface area contributed by atoms with Crippen LogP contribution in [-0.4, -0.2) is 61.9 Å². The van der Waals surface area contributed by atoms with E-state index in [-0.39, 0.29) is 23.5 Å². The number of carbonyl (C=O) groups is 1. The molecule has 1 saturated heterocycles. The van der Waals surface area contributed by atoms with Gasteiger partial charge in [0.1, 0.15) is 0 Å². The fraction of sp³-hybridized carbons (Fsp3) is 0.625. The summed E-state index contributed by atoms with van der Waals surface area (Å²) in [6, 6.07) is 5.88. The summed E-state index contributed by atoms with van der Waals surface area (Å²) >= 11 is 0. The monoisotopic (exact) mass is 339 g/mol. The number of sulfone groups is 1. The van der Waals surface area contributed by atoms with Gasteiger partial charge in [0.25, 0.3) is 0 Å². The van der Waals surface area contributed by atoms with Crippen LogP contribution in [0.2, 0.25) is 0 Å². The van der Waals surface area contributed by atoms with E-state index in [1.54, 1.807) is 6.20 Å². The van der Waals surface area contributed by atoms with Crippen molar-refractivity contribution >= 4 is 15.7 Å². The van der Waals surface area contributed by atoms with E-state index in [2.05, 4.69) is 10.3 Å². The van der Waals surface area contributed by atoms with Gasteiger partial charge in [-0.1, -0.05) is 6.07 Å². The standard InChI is InChI=1S/C16H25N3O3S/c1-19(15-8-12-23(21,22)13-15)11-7-16(20)18-10-4-6-14-5-2-3-9-17-14/h2-3,5,9,15H,4,6-8,10-13H2,1H3,(H,18,20). The zero-order valence-corrected chi connectivity index (χ0v) is 14.4. The van der Waals surface area contributed by atoms with E-state index >= 15 is 0 Å². The Labute approximate surface area is 138 Å². The second kappa shape index (κ2) is 8.40. The van der Waals surface area contributed by atoms with Crippen LogP contribution in [-0.2, 0) is 21.1 Å². The second-order valence-corrected chi connectivity index (χ2v) is 8.29. The first-order chi connectivity index (χ1) is 11.0. The molecule has 0 aliphatic carbocycles. The van der Waals surface area contributed by atoms with Crippen LogP contribution in [0.4, 0.5) is 0 Å². The summed E-state index contributed by atoms with van der Waals surface area (Å²) in [4.78, 5) is 18.1. The van der Waals surface area contributed by atoms with Crippen molar-refractivity contribution in [2.45, 2.75) is 31.7 Å². The van der Waals surface area contributed by atoms with E-state index < -0.39 is 9.84 Å². The summed E-state index contributed by atoms with van der Waals surface area (Å²) in [6.07, 6.45) is 4.55. The van der Waals surface area contributed by atoms with Crippen LogP contribution in [0.15, 0.2) is 24.4 Å². The predicted octanol–water partition coefficient (Wildman–Crippen LogP) is 0.639. The van der Waals surface area contributed by atoms with Gasteiger partial charge in [-0.15, -0.1) is 0 Å². The Hall–Kier alpha value is -1.47. The number of aromatic nitrogens is 1. The Balaban J connectivity index is 1.58. The first kappa shape index (κ1) is 17.9. The van der Waals surface area contributed by atoms with Gasteiger partial charge in [-0.3, -0.25) is 9.78 Å². The van der Waals surface area contributed by atoms with Crippen LogP contribution >= 0.6 is 0 Å². The van der Waals surface area contributed by atoms with Crippen LogP contribution in [0.1, 0.15) is 25.0 Å². The van der Waals surface area contributed by atoms with Gasteiger partial charge in [0.15, 0.2) is 9.84 Å². The quantitative estimate of drug-likeness (QED) is 0.703. The van der Waals surface area contributed by atoms with E-state index in [0.29, 0.717) is 25.9 Å². The fourth-order valence-corrected chi connectivity index (χ4v) is 4.52. The molecule has 1 fully saturated rings. The Bertz CT molecular complexity index is 604. The van der Waals surface area contributed by atoms with Crippen molar-refractivity contribution in [1.82, 2.24) is 15.2 Å². The van der Waals surface area contributed by atoms with Gasteiger partial charge in [0, 0.05) is 37.4 Å². The molecular formula is C16H25N3O3S. The Morgan fingerprint density at radius 3 is 2.91 bits per heavy atom. The minimum absolute atomic E-state index is 0.0127. The molecule has 7 heteroatoms. The smallest absolute Gasteiger partial charge is 0.221 e. The molecule has 2 rings (SSSR count). The number of nitrogens with zero attached hydrogens (tertiary/aromatic N) is 2. The van der Waals surface area contributed by atoms with Crippen molar-refractivity contribution in [3.63, 3.8) is 0 Å². The Morgan fingerprint density at radius 2 is 2.26 bits per heavy atom. The molecule has 2 heterocycles. The molecule has 0 bridgehead atoms. The highest BCUT2D eigenvalue weighted by molar-refractivity contribution is 7.91. The third-order valence-electron chi connectivity index (χ3n) is 4.18. The molecule has 1 N–H and O–H groups in total. The molecule has 1 amide bonds. The number of amides is 1. The number of rotatable bonds is 8. The molecule has 1 aromatic rings. The lowest BCUT2D eigenvalue weighted by atomic mass is 10.2. The first-order valence-corrected chi connectivity index (χ1v) is 9.86. The molecule has 128 valence electrons. The molecule has 1 aliphatic rings. The predicted molar refractivity (Wildman–Crippen MR) is 89.9 cm³/mol. The van der Waals surface area contributed by atoms with E-state index in [1.807, 2.05) is 30.1 Å². The van der Waals surface area contributed by atoms with Gasteiger partial charge in [0.2, 0.25) is 5.91 Å². The van der Waals surface area contributed by atoms with Crippen LogP contribution in [0, 0.1) is 0 Å². The third kappa shape index (κ3) is 6.27. The maximum Gasteiger partial charge on any atom is 0.221 e. The lowest BCUT2D eigenvalue weighted by Gasteiger charge is -2.22. The Morgan fingerprint density at radius 1 is 1.43 bits per heavy atom. The summed E-state index contributed by atoms with van der Waals surface area (Å²) in [5.74, 6) is 0.496.